The largest absolute Gasteiger partial charge is 0.391 e. The van der Waals surface area contributed by atoms with Crippen molar-refractivity contribution in [3.05, 3.63) is 70.8 Å². The summed E-state index contributed by atoms with van der Waals surface area (Å²) < 4.78 is 5.28. The number of ketones is 1. The number of morpholine rings is 1. The van der Waals surface area contributed by atoms with Crippen LogP contribution in [0, 0.1) is 0 Å². The first-order chi connectivity index (χ1) is 14.6. The monoisotopic (exact) mass is 408 g/mol. The molecule has 0 saturated carbocycles. The van der Waals surface area contributed by atoms with Crippen molar-refractivity contribution in [1.29, 1.82) is 0 Å². The van der Waals surface area contributed by atoms with E-state index in [1.165, 1.54) is 11.1 Å². The van der Waals surface area contributed by atoms with Crippen molar-refractivity contribution in [3.63, 3.8) is 0 Å². The molecule has 2 aliphatic heterocycles. The molecule has 0 aromatic heterocycles. The van der Waals surface area contributed by atoms with Crippen LogP contribution in [0.25, 0.3) is 0 Å². The standard InChI is InChI=1S/C24H28N2O4/c27-22(9-10-23(28)21-15-19-3-1-2-4-20(19)16-25-21)17-5-7-18(8-6-17)24(29)26-11-13-30-14-12-26/h1-8,21,23,25,28H,9-16H2/t21-,23+/m0/s1. The molecule has 1 saturated heterocycles. The lowest BCUT2D eigenvalue weighted by Gasteiger charge is -2.29. The molecule has 0 radical (unpaired) electrons. The summed E-state index contributed by atoms with van der Waals surface area (Å²) in [6.45, 7) is 3.05. The number of rotatable bonds is 6. The normalized spacial score (nSPS) is 19.8. The molecule has 1 amide bonds. The zero-order valence-electron chi connectivity index (χ0n) is 17.0. The molecular weight excluding hydrogens is 380 g/mol. The van der Waals surface area contributed by atoms with Gasteiger partial charge in [-0.25, -0.2) is 0 Å². The lowest BCUT2D eigenvalue weighted by molar-refractivity contribution is 0.0303. The molecule has 158 valence electrons. The maximum absolute atomic E-state index is 12.6. The lowest BCUT2D eigenvalue weighted by atomic mass is 9.90. The fourth-order valence-electron chi connectivity index (χ4n) is 4.12. The topological polar surface area (TPSA) is 78.9 Å². The number of carbonyl (C=O) groups excluding carboxylic acids is 2. The Morgan fingerprint density at radius 3 is 2.43 bits per heavy atom. The Balaban J connectivity index is 1.29. The number of benzene rings is 2. The third-order valence-electron chi connectivity index (χ3n) is 6.00. The number of Topliss-reactive ketones (excluding diaryl/α,β-unsaturated/α-hetero) is 1. The van der Waals surface area contributed by atoms with Crippen LogP contribution in [0.15, 0.2) is 48.5 Å². The van der Waals surface area contributed by atoms with E-state index < -0.39 is 6.10 Å². The Hall–Kier alpha value is -2.54. The predicted molar refractivity (Wildman–Crippen MR) is 114 cm³/mol. The molecule has 2 atom stereocenters. The molecule has 0 unspecified atom stereocenters. The van der Waals surface area contributed by atoms with E-state index in [9.17, 15) is 14.7 Å². The number of aliphatic hydroxyl groups excluding tert-OH is 1. The van der Waals surface area contributed by atoms with E-state index in [1.807, 2.05) is 12.1 Å². The van der Waals surface area contributed by atoms with Crippen LogP contribution in [0.5, 0.6) is 0 Å². The van der Waals surface area contributed by atoms with Crippen LogP contribution in [-0.2, 0) is 17.7 Å². The van der Waals surface area contributed by atoms with E-state index in [2.05, 4.69) is 17.4 Å². The average molecular weight is 408 g/mol. The van der Waals surface area contributed by atoms with Crippen molar-refractivity contribution in [2.24, 2.45) is 0 Å². The molecule has 6 heteroatoms. The number of hydrogen-bond donors (Lipinski definition) is 2. The third-order valence-corrected chi connectivity index (χ3v) is 6.00. The molecule has 1 fully saturated rings. The van der Waals surface area contributed by atoms with E-state index in [1.54, 1.807) is 29.2 Å². The highest BCUT2D eigenvalue weighted by Gasteiger charge is 2.25. The number of carbonyl (C=O) groups is 2. The maximum Gasteiger partial charge on any atom is 0.254 e. The highest BCUT2D eigenvalue weighted by molar-refractivity contribution is 5.98. The van der Waals surface area contributed by atoms with Gasteiger partial charge in [0.2, 0.25) is 0 Å². The smallest absolute Gasteiger partial charge is 0.254 e. The Labute approximate surface area is 176 Å². The van der Waals surface area contributed by atoms with Crippen LogP contribution >= 0.6 is 0 Å². The zero-order valence-corrected chi connectivity index (χ0v) is 17.0. The van der Waals surface area contributed by atoms with Crippen molar-refractivity contribution in [3.8, 4) is 0 Å². The summed E-state index contributed by atoms with van der Waals surface area (Å²) in [5.41, 5.74) is 3.68. The van der Waals surface area contributed by atoms with Gasteiger partial charge in [0.15, 0.2) is 5.78 Å². The molecule has 30 heavy (non-hydrogen) atoms. The summed E-state index contributed by atoms with van der Waals surface area (Å²) in [7, 11) is 0. The van der Waals surface area contributed by atoms with Gasteiger partial charge in [0.25, 0.3) is 5.91 Å². The fourth-order valence-corrected chi connectivity index (χ4v) is 4.12. The lowest BCUT2D eigenvalue weighted by Crippen LogP contribution is -2.44. The van der Waals surface area contributed by atoms with Crippen molar-refractivity contribution < 1.29 is 19.4 Å². The molecule has 4 rings (SSSR count). The van der Waals surface area contributed by atoms with Crippen LogP contribution in [0.2, 0.25) is 0 Å². The van der Waals surface area contributed by atoms with Crippen LogP contribution in [-0.4, -0.2) is 60.1 Å². The van der Waals surface area contributed by atoms with Gasteiger partial charge < -0.3 is 20.1 Å². The molecule has 0 bridgehead atoms. The van der Waals surface area contributed by atoms with Crippen molar-refractivity contribution >= 4 is 11.7 Å². The summed E-state index contributed by atoms with van der Waals surface area (Å²) in [4.78, 5) is 26.8. The Morgan fingerprint density at radius 1 is 1.03 bits per heavy atom. The van der Waals surface area contributed by atoms with Crippen LogP contribution in [0.3, 0.4) is 0 Å². The second-order valence-corrected chi connectivity index (χ2v) is 7.97. The number of amides is 1. The highest BCUT2D eigenvalue weighted by Crippen LogP contribution is 2.20. The molecular formula is C24H28N2O4. The predicted octanol–water partition coefficient (Wildman–Crippen LogP) is 2.20. The van der Waals surface area contributed by atoms with Gasteiger partial charge in [0.1, 0.15) is 0 Å². The summed E-state index contributed by atoms with van der Waals surface area (Å²) in [5, 5.41) is 14.0. The average Bonchev–Trinajstić information content (AvgIpc) is 2.82. The molecule has 2 N–H and O–H groups in total. The van der Waals surface area contributed by atoms with Gasteiger partial charge in [0.05, 0.1) is 19.3 Å². The molecule has 0 aliphatic carbocycles. The van der Waals surface area contributed by atoms with Crippen molar-refractivity contribution in [1.82, 2.24) is 10.2 Å². The molecule has 2 heterocycles. The number of nitrogens with one attached hydrogen (secondary N) is 1. The maximum atomic E-state index is 12.6. The third kappa shape index (κ3) is 4.78. The van der Waals surface area contributed by atoms with Crippen LogP contribution < -0.4 is 5.32 Å². The second kappa shape index (κ2) is 9.51. The van der Waals surface area contributed by atoms with Gasteiger partial charge in [-0.3, -0.25) is 9.59 Å². The van der Waals surface area contributed by atoms with E-state index >= 15 is 0 Å². The van der Waals surface area contributed by atoms with Gasteiger partial charge in [-0.05, 0) is 36.1 Å². The number of aliphatic hydroxyl groups is 1. The SMILES string of the molecule is O=C(CC[C@@H](O)[C@@H]1Cc2ccccc2CN1)c1ccc(C(=O)N2CCOCC2)cc1. The van der Waals surface area contributed by atoms with Crippen LogP contribution in [0.1, 0.15) is 44.7 Å². The van der Waals surface area contributed by atoms with Gasteiger partial charge in [-0.1, -0.05) is 36.4 Å². The first kappa shape index (κ1) is 20.7. The Kier molecular flexibility index (Phi) is 6.57. The minimum absolute atomic E-state index is 0.0179. The van der Waals surface area contributed by atoms with Crippen molar-refractivity contribution in [2.75, 3.05) is 26.3 Å². The Morgan fingerprint density at radius 2 is 1.70 bits per heavy atom. The minimum Gasteiger partial charge on any atom is -0.391 e. The van der Waals surface area contributed by atoms with Gasteiger partial charge in [0, 0.05) is 43.2 Å². The van der Waals surface area contributed by atoms with Gasteiger partial charge in [-0.2, -0.15) is 0 Å². The number of fused-ring (bicyclic) bond motifs is 1. The van der Waals surface area contributed by atoms with E-state index in [0.29, 0.717) is 43.9 Å². The van der Waals surface area contributed by atoms with Gasteiger partial charge >= 0.3 is 0 Å². The Bertz CT molecular complexity index is 890. The van der Waals surface area contributed by atoms with E-state index in [4.69, 9.17) is 4.74 Å². The highest BCUT2D eigenvalue weighted by atomic mass is 16.5. The first-order valence-electron chi connectivity index (χ1n) is 10.6. The summed E-state index contributed by atoms with van der Waals surface area (Å²) >= 11 is 0. The number of ether oxygens (including phenoxy) is 1. The molecule has 2 aliphatic rings. The van der Waals surface area contributed by atoms with E-state index in [-0.39, 0.29) is 24.2 Å². The van der Waals surface area contributed by atoms with E-state index in [0.717, 1.165) is 13.0 Å². The van der Waals surface area contributed by atoms with Crippen LogP contribution in [0.4, 0.5) is 0 Å². The minimum atomic E-state index is -0.579. The van der Waals surface area contributed by atoms with Gasteiger partial charge in [-0.15, -0.1) is 0 Å². The molecule has 2 aromatic carbocycles. The first-order valence-corrected chi connectivity index (χ1v) is 10.6. The molecule has 6 nitrogen and oxygen atoms in total. The summed E-state index contributed by atoms with van der Waals surface area (Å²) in [5.74, 6) is -0.0491. The molecule has 0 spiro atoms. The quantitative estimate of drug-likeness (QED) is 0.717. The number of nitrogens with zero attached hydrogens (tertiary/aromatic N) is 1. The van der Waals surface area contributed by atoms with Crippen molar-refractivity contribution in [2.45, 2.75) is 38.0 Å². The number of hydrogen-bond acceptors (Lipinski definition) is 5. The zero-order chi connectivity index (χ0) is 20.9. The summed E-state index contributed by atoms with van der Waals surface area (Å²) in [6.07, 6.45) is 0.874. The summed E-state index contributed by atoms with van der Waals surface area (Å²) in [6, 6.07) is 15.0. The fraction of sp³-hybridized carbons (Fsp3) is 0.417. The molecule has 2 aromatic rings. The second-order valence-electron chi connectivity index (χ2n) is 7.97.